The number of hydrogen-bond acceptors (Lipinski definition) is 3. The van der Waals surface area contributed by atoms with Crippen LogP contribution >= 0.6 is 0 Å². The van der Waals surface area contributed by atoms with Crippen molar-refractivity contribution in [1.82, 2.24) is 4.90 Å². The van der Waals surface area contributed by atoms with Gasteiger partial charge in [0.1, 0.15) is 5.76 Å². The van der Waals surface area contributed by atoms with Crippen LogP contribution in [0.2, 0.25) is 0 Å². The molecule has 1 aromatic rings. The van der Waals surface area contributed by atoms with Crippen LogP contribution in [-0.4, -0.2) is 24.5 Å². The molecule has 2 N–H and O–H groups in total. The van der Waals surface area contributed by atoms with E-state index in [-0.39, 0.29) is 6.04 Å². The Labute approximate surface area is 104 Å². The van der Waals surface area contributed by atoms with Crippen LogP contribution in [0.15, 0.2) is 22.8 Å². The average Bonchev–Trinajstić information content (AvgIpc) is 2.84. The van der Waals surface area contributed by atoms with Crippen molar-refractivity contribution >= 4 is 0 Å². The molecule has 0 spiro atoms. The predicted molar refractivity (Wildman–Crippen MR) is 69.7 cm³/mol. The molecule has 1 aromatic heterocycles. The van der Waals surface area contributed by atoms with Gasteiger partial charge in [-0.1, -0.05) is 6.92 Å². The van der Waals surface area contributed by atoms with Crippen LogP contribution in [0.25, 0.3) is 0 Å². The van der Waals surface area contributed by atoms with Gasteiger partial charge in [0.25, 0.3) is 0 Å². The van der Waals surface area contributed by atoms with Gasteiger partial charge < -0.3 is 10.2 Å². The standard InChI is InChI=1S/C14H24N2O/c1-11-5-7-12(8-6-11)16(2)13(10-15)14-4-3-9-17-14/h3-4,9,11-13H,5-8,10,15H2,1-2H3. The second-order valence-corrected chi connectivity index (χ2v) is 5.35. The van der Waals surface area contributed by atoms with Crippen LogP contribution in [0.3, 0.4) is 0 Å². The Morgan fingerprint density at radius 2 is 2.12 bits per heavy atom. The van der Waals surface area contributed by atoms with Gasteiger partial charge in [0.2, 0.25) is 0 Å². The second-order valence-electron chi connectivity index (χ2n) is 5.35. The molecule has 0 saturated heterocycles. The molecule has 2 rings (SSSR count). The maximum Gasteiger partial charge on any atom is 0.122 e. The minimum Gasteiger partial charge on any atom is -0.468 e. The third-order valence-electron chi connectivity index (χ3n) is 4.15. The fourth-order valence-corrected chi connectivity index (χ4v) is 2.87. The molecular weight excluding hydrogens is 212 g/mol. The Bertz CT molecular complexity index is 315. The first-order chi connectivity index (χ1) is 8.22. The zero-order valence-corrected chi connectivity index (χ0v) is 10.9. The molecule has 0 radical (unpaired) electrons. The van der Waals surface area contributed by atoms with E-state index in [0.29, 0.717) is 12.6 Å². The lowest BCUT2D eigenvalue weighted by atomic mass is 9.86. The van der Waals surface area contributed by atoms with Gasteiger partial charge >= 0.3 is 0 Å². The molecule has 3 nitrogen and oxygen atoms in total. The Kier molecular flexibility index (Phi) is 4.24. The number of nitrogens with zero attached hydrogens (tertiary/aromatic N) is 1. The summed E-state index contributed by atoms with van der Waals surface area (Å²) in [6, 6.07) is 4.85. The van der Waals surface area contributed by atoms with Crippen molar-refractivity contribution in [3.63, 3.8) is 0 Å². The highest BCUT2D eigenvalue weighted by molar-refractivity contribution is 5.05. The molecule has 1 unspecified atom stereocenters. The van der Waals surface area contributed by atoms with Crippen molar-refractivity contribution in [2.24, 2.45) is 11.7 Å². The summed E-state index contributed by atoms with van der Waals surface area (Å²) >= 11 is 0. The van der Waals surface area contributed by atoms with Crippen LogP contribution in [0.1, 0.15) is 44.4 Å². The van der Waals surface area contributed by atoms with Gasteiger partial charge in [-0.2, -0.15) is 0 Å². The van der Waals surface area contributed by atoms with E-state index in [1.165, 1.54) is 25.7 Å². The lowest BCUT2D eigenvalue weighted by Crippen LogP contribution is -2.40. The highest BCUT2D eigenvalue weighted by atomic mass is 16.3. The summed E-state index contributed by atoms with van der Waals surface area (Å²) in [5.74, 6) is 1.88. The Morgan fingerprint density at radius 1 is 1.41 bits per heavy atom. The van der Waals surface area contributed by atoms with Crippen LogP contribution in [0.5, 0.6) is 0 Å². The lowest BCUT2D eigenvalue weighted by Gasteiger charge is -2.37. The molecule has 1 atom stereocenters. The molecule has 0 amide bonds. The average molecular weight is 236 g/mol. The molecule has 0 aliphatic heterocycles. The third-order valence-corrected chi connectivity index (χ3v) is 4.15. The summed E-state index contributed by atoms with van der Waals surface area (Å²) in [7, 11) is 2.18. The monoisotopic (exact) mass is 236 g/mol. The van der Waals surface area contributed by atoms with E-state index < -0.39 is 0 Å². The van der Waals surface area contributed by atoms with Crippen molar-refractivity contribution in [1.29, 1.82) is 0 Å². The molecule has 0 bridgehead atoms. The molecule has 3 heteroatoms. The molecule has 1 fully saturated rings. The molecule has 1 saturated carbocycles. The van der Waals surface area contributed by atoms with Crippen LogP contribution in [0.4, 0.5) is 0 Å². The fraction of sp³-hybridized carbons (Fsp3) is 0.714. The SMILES string of the molecule is CC1CCC(N(C)C(CN)c2ccco2)CC1. The van der Waals surface area contributed by atoms with E-state index in [4.69, 9.17) is 10.2 Å². The van der Waals surface area contributed by atoms with Crippen molar-refractivity contribution < 1.29 is 4.42 Å². The molecule has 1 heterocycles. The number of furan rings is 1. The van der Waals surface area contributed by atoms with E-state index >= 15 is 0 Å². The maximum atomic E-state index is 5.90. The molecule has 0 aromatic carbocycles. The van der Waals surface area contributed by atoms with E-state index in [1.54, 1.807) is 6.26 Å². The van der Waals surface area contributed by atoms with Gasteiger partial charge in [-0.05, 0) is 50.8 Å². The summed E-state index contributed by atoms with van der Waals surface area (Å²) < 4.78 is 5.50. The van der Waals surface area contributed by atoms with Crippen molar-refractivity contribution in [3.8, 4) is 0 Å². The molecule has 1 aliphatic carbocycles. The Morgan fingerprint density at radius 3 is 2.65 bits per heavy atom. The number of rotatable bonds is 4. The predicted octanol–water partition coefficient (Wildman–Crippen LogP) is 2.79. The van der Waals surface area contributed by atoms with Crippen LogP contribution in [0, 0.1) is 5.92 Å². The first-order valence-electron chi connectivity index (χ1n) is 6.67. The Balaban J connectivity index is 2.00. The van der Waals surface area contributed by atoms with Gasteiger partial charge in [0.05, 0.1) is 12.3 Å². The van der Waals surface area contributed by atoms with E-state index in [1.807, 2.05) is 12.1 Å². The zero-order valence-electron chi connectivity index (χ0n) is 10.9. The maximum absolute atomic E-state index is 5.90. The molecule has 96 valence electrons. The molecule has 17 heavy (non-hydrogen) atoms. The van der Waals surface area contributed by atoms with Crippen molar-refractivity contribution in [2.75, 3.05) is 13.6 Å². The van der Waals surface area contributed by atoms with Crippen LogP contribution in [-0.2, 0) is 0 Å². The molecular formula is C14H24N2O. The zero-order chi connectivity index (χ0) is 12.3. The number of nitrogens with two attached hydrogens (primary N) is 1. The highest BCUT2D eigenvalue weighted by Gasteiger charge is 2.27. The van der Waals surface area contributed by atoms with Crippen LogP contribution < -0.4 is 5.73 Å². The topological polar surface area (TPSA) is 42.4 Å². The minimum atomic E-state index is 0.225. The highest BCUT2D eigenvalue weighted by Crippen LogP contribution is 2.31. The third kappa shape index (κ3) is 2.90. The summed E-state index contributed by atoms with van der Waals surface area (Å²) in [4.78, 5) is 2.41. The summed E-state index contributed by atoms with van der Waals surface area (Å²) in [6.45, 7) is 2.97. The fourth-order valence-electron chi connectivity index (χ4n) is 2.87. The summed E-state index contributed by atoms with van der Waals surface area (Å²) in [5.41, 5.74) is 5.90. The molecule has 1 aliphatic rings. The number of likely N-dealkylation sites (N-methyl/N-ethyl adjacent to an activating group) is 1. The van der Waals surface area contributed by atoms with Gasteiger partial charge in [0.15, 0.2) is 0 Å². The Hall–Kier alpha value is -0.800. The second kappa shape index (κ2) is 5.69. The minimum absolute atomic E-state index is 0.225. The van der Waals surface area contributed by atoms with Crippen molar-refractivity contribution in [3.05, 3.63) is 24.2 Å². The smallest absolute Gasteiger partial charge is 0.122 e. The normalized spacial score (nSPS) is 27.3. The largest absolute Gasteiger partial charge is 0.468 e. The van der Waals surface area contributed by atoms with Crippen molar-refractivity contribution in [2.45, 2.75) is 44.7 Å². The quantitative estimate of drug-likeness (QED) is 0.874. The van der Waals surface area contributed by atoms with E-state index in [9.17, 15) is 0 Å². The van der Waals surface area contributed by atoms with E-state index in [0.717, 1.165) is 11.7 Å². The van der Waals surface area contributed by atoms with Gasteiger partial charge in [-0.25, -0.2) is 0 Å². The van der Waals surface area contributed by atoms with Gasteiger partial charge in [-0.3, -0.25) is 4.90 Å². The lowest BCUT2D eigenvalue weighted by molar-refractivity contribution is 0.114. The van der Waals surface area contributed by atoms with Gasteiger partial charge in [-0.15, -0.1) is 0 Å². The number of hydrogen-bond donors (Lipinski definition) is 1. The van der Waals surface area contributed by atoms with Gasteiger partial charge in [0, 0.05) is 12.6 Å². The van der Waals surface area contributed by atoms with E-state index in [2.05, 4.69) is 18.9 Å². The summed E-state index contributed by atoms with van der Waals surface area (Å²) in [6.07, 6.45) is 6.98. The summed E-state index contributed by atoms with van der Waals surface area (Å²) in [5, 5.41) is 0. The first-order valence-corrected chi connectivity index (χ1v) is 6.67. The first kappa shape index (κ1) is 12.7.